The highest BCUT2D eigenvalue weighted by Gasteiger charge is 2.24. The average molecular weight is 365 g/mol. The van der Waals surface area contributed by atoms with Gasteiger partial charge in [-0.05, 0) is 24.3 Å². The van der Waals surface area contributed by atoms with Gasteiger partial charge in [0.15, 0.2) is 6.61 Å². The number of fused-ring (bicyclic) bond motifs is 1. The molecule has 0 spiro atoms. The Labute approximate surface area is 149 Å². The summed E-state index contributed by atoms with van der Waals surface area (Å²) in [6, 6.07) is 6.53. The molecule has 0 atom stereocenters. The van der Waals surface area contributed by atoms with Crippen molar-refractivity contribution in [3.63, 3.8) is 0 Å². The van der Waals surface area contributed by atoms with Gasteiger partial charge in [-0.15, -0.1) is 0 Å². The van der Waals surface area contributed by atoms with E-state index in [4.69, 9.17) is 20.8 Å². The second-order valence-electron chi connectivity index (χ2n) is 5.76. The van der Waals surface area contributed by atoms with E-state index in [0.29, 0.717) is 42.2 Å². The molecule has 7 nitrogen and oxygen atoms in total. The van der Waals surface area contributed by atoms with Crippen LogP contribution < -0.4 is 0 Å². The largest absolute Gasteiger partial charge is 0.450 e. The minimum absolute atomic E-state index is 0.0106. The van der Waals surface area contributed by atoms with Gasteiger partial charge in [0.05, 0.1) is 0 Å². The van der Waals surface area contributed by atoms with Crippen LogP contribution in [-0.4, -0.2) is 60.4 Å². The first-order chi connectivity index (χ1) is 11.9. The zero-order valence-corrected chi connectivity index (χ0v) is 14.4. The standard InChI is InChI=1S/C17H17ClN2O5/c1-11(21)19-4-6-20(7-5-19)16(22)10-24-17(23)15-9-12-8-13(18)2-3-14(12)25-15/h2-3,8-9H,4-7,10H2,1H3. The van der Waals surface area contributed by atoms with Crippen LogP contribution in [0.15, 0.2) is 28.7 Å². The Morgan fingerprint density at radius 2 is 1.80 bits per heavy atom. The van der Waals surface area contributed by atoms with E-state index >= 15 is 0 Å². The van der Waals surface area contributed by atoms with Crippen molar-refractivity contribution in [2.75, 3.05) is 32.8 Å². The van der Waals surface area contributed by atoms with Gasteiger partial charge in [0, 0.05) is 43.5 Å². The molecular formula is C17H17ClN2O5. The van der Waals surface area contributed by atoms with Gasteiger partial charge < -0.3 is 19.0 Å². The van der Waals surface area contributed by atoms with E-state index in [-0.39, 0.29) is 24.2 Å². The van der Waals surface area contributed by atoms with Crippen molar-refractivity contribution in [2.24, 2.45) is 0 Å². The smallest absolute Gasteiger partial charge is 0.374 e. The maximum absolute atomic E-state index is 12.1. The number of amides is 2. The summed E-state index contributed by atoms with van der Waals surface area (Å²) in [6.45, 7) is 2.97. The molecule has 0 radical (unpaired) electrons. The number of carbonyl (C=O) groups is 3. The predicted octanol–water partition coefficient (Wildman–Crippen LogP) is 1.93. The Hall–Kier alpha value is -2.54. The summed E-state index contributed by atoms with van der Waals surface area (Å²) in [4.78, 5) is 38.7. The lowest BCUT2D eigenvalue weighted by atomic mass is 10.2. The Morgan fingerprint density at radius 1 is 1.12 bits per heavy atom. The summed E-state index contributed by atoms with van der Waals surface area (Å²) in [5, 5.41) is 1.22. The van der Waals surface area contributed by atoms with Crippen molar-refractivity contribution in [2.45, 2.75) is 6.92 Å². The maximum atomic E-state index is 12.1. The number of furan rings is 1. The van der Waals surface area contributed by atoms with E-state index in [0.717, 1.165) is 0 Å². The number of piperazine rings is 1. The molecule has 0 unspecified atom stereocenters. The normalized spacial score (nSPS) is 14.6. The van der Waals surface area contributed by atoms with Gasteiger partial charge in [0.25, 0.3) is 5.91 Å². The number of hydrogen-bond donors (Lipinski definition) is 0. The molecule has 3 rings (SSSR count). The van der Waals surface area contributed by atoms with E-state index < -0.39 is 5.97 Å². The van der Waals surface area contributed by atoms with Crippen LogP contribution in [0, 0.1) is 0 Å². The number of esters is 1. The van der Waals surface area contributed by atoms with Crippen LogP contribution >= 0.6 is 11.6 Å². The topological polar surface area (TPSA) is 80.1 Å². The molecule has 1 aliphatic heterocycles. The SMILES string of the molecule is CC(=O)N1CCN(C(=O)COC(=O)c2cc3cc(Cl)ccc3o2)CC1. The van der Waals surface area contributed by atoms with Crippen molar-refractivity contribution < 1.29 is 23.5 Å². The van der Waals surface area contributed by atoms with Gasteiger partial charge in [-0.1, -0.05) is 11.6 Å². The summed E-state index contributed by atoms with van der Waals surface area (Å²) < 4.78 is 10.4. The van der Waals surface area contributed by atoms with E-state index in [1.54, 1.807) is 28.0 Å². The molecule has 2 amide bonds. The van der Waals surface area contributed by atoms with Gasteiger partial charge in [0.2, 0.25) is 11.7 Å². The molecule has 1 saturated heterocycles. The highest BCUT2D eigenvalue weighted by Crippen LogP contribution is 2.23. The lowest BCUT2D eigenvalue weighted by Crippen LogP contribution is -2.51. The van der Waals surface area contributed by atoms with Crippen LogP contribution in [0.25, 0.3) is 11.0 Å². The van der Waals surface area contributed by atoms with E-state index in [2.05, 4.69) is 0 Å². The monoisotopic (exact) mass is 364 g/mol. The van der Waals surface area contributed by atoms with E-state index in [1.807, 2.05) is 0 Å². The summed E-state index contributed by atoms with van der Waals surface area (Å²) in [5.74, 6) is -0.992. The Bertz CT molecular complexity index is 824. The fourth-order valence-corrected chi connectivity index (χ4v) is 2.86. The molecule has 0 N–H and O–H groups in total. The molecule has 1 aromatic heterocycles. The highest BCUT2D eigenvalue weighted by atomic mass is 35.5. The molecule has 0 aliphatic carbocycles. The number of hydrogen-bond acceptors (Lipinski definition) is 5. The first-order valence-electron chi connectivity index (χ1n) is 7.83. The molecule has 2 heterocycles. The molecule has 132 valence electrons. The lowest BCUT2D eigenvalue weighted by Gasteiger charge is -2.34. The predicted molar refractivity (Wildman–Crippen MR) is 90.3 cm³/mol. The second-order valence-corrected chi connectivity index (χ2v) is 6.19. The van der Waals surface area contributed by atoms with Crippen molar-refractivity contribution >= 4 is 40.4 Å². The third-order valence-corrected chi connectivity index (χ3v) is 4.32. The Kier molecular flexibility index (Phi) is 4.94. The van der Waals surface area contributed by atoms with Crippen molar-refractivity contribution in [3.8, 4) is 0 Å². The fourth-order valence-electron chi connectivity index (χ4n) is 2.68. The van der Waals surface area contributed by atoms with Crippen molar-refractivity contribution in [1.82, 2.24) is 9.80 Å². The minimum Gasteiger partial charge on any atom is -0.450 e. The molecule has 0 saturated carbocycles. The second kappa shape index (κ2) is 7.14. The van der Waals surface area contributed by atoms with Gasteiger partial charge >= 0.3 is 5.97 Å². The summed E-state index contributed by atoms with van der Waals surface area (Å²) >= 11 is 5.89. The molecule has 0 bridgehead atoms. The fraction of sp³-hybridized carbons (Fsp3) is 0.353. The molecule has 1 aromatic carbocycles. The van der Waals surface area contributed by atoms with Crippen LogP contribution in [0.5, 0.6) is 0 Å². The van der Waals surface area contributed by atoms with Crippen LogP contribution in [0.2, 0.25) is 5.02 Å². The molecule has 25 heavy (non-hydrogen) atoms. The van der Waals surface area contributed by atoms with Crippen LogP contribution in [-0.2, 0) is 14.3 Å². The van der Waals surface area contributed by atoms with Crippen LogP contribution in [0.3, 0.4) is 0 Å². The van der Waals surface area contributed by atoms with Gasteiger partial charge in [-0.3, -0.25) is 9.59 Å². The summed E-state index contributed by atoms with van der Waals surface area (Å²) in [6.07, 6.45) is 0. The number of benzene rings is 1. The number of carbonyl (C=O) groups excluding carboxylic acids is 3. The lowest BCUT2D eigenvalue weighted by molar-refractivity contribution is -0.140. The van der Waals surface area contributed by atoms with Crippen LogP contribution in [0.4, 0.5) is 0 Å². The third kappa shape index (κ3) is 3.93. The molecule has 2 aromatic rings. The van der Waals surface area contributed by atoms with Crippen LogP contribution in [0.1, 0.15) is 17.5 Å². The zero-order chi connectivity index (χ0) is 18.0. The van der Waals surface area contributed by atoms with E-state index in [1.165, 1.54) is 13.0 Å². The molecule has 1 aliphatic rings. The number of halogens is 1. The molecule has 8 heteroatoms. The first-order valence-corrected chi connectivity index (χ1v) is 8.21. The first kappa shape index (κ1) is 17.3. The number of rotatable bonds is 3. The quantitative estimate of drug-likeness (QED) is 0.777. The Morgan fingerprint density at radius 3 is 2.48 bits per heavy atom. The van der Waals surface area contributed by atoms with Crippen molar-refractivity contribution in [3.05, 3.63) is 35.0 Å². The zero-order valence-electron chi connectivity index (χ0n) is 13.7. The average Bonchev–Trinajstić information content (AvgIpc) is 3.02. The van der Waals surface area contributed by atoms with E-state index in [9.17, 15) is 14.4 Å². The van der Waals surface area contributed by atoms with Gasteiger partial charge in [0.1, 0.15) is 5.58 Å². The maximum Gasteiger partial charge on any atom is 0.374 e. The Balaban J connectivity index is 1.54. The summed E-state index contributed by atoms with van der Waals surface area (Å²) in [5.41, 5.74) is 0.517. The van der Waals surface area contributed by atoms with Gasteiger partial charge in [-0.25, -0.2) is 4.79 Å². The number of ether oxygens (including phenoxy) is 1. The third-order valence-electron chi connectivity index (χ3n) is 4.08. The highest BCUT2D eigenvalue weighted by molar-refractivity contribution is 6.31. The summed E-state index contributed by atoms with van der Waals surface area (Å²) in [7, 11) is 0. The molecular weight excluding hydrogens is 348 g/mol. The minimum atomic E-state index is -0.706. The number of nitrogens with zero attached hydrogens (tertiary/aromatic N) is 2. The molecule has 1 fully saturated rings. The van der Waals surface area contributed by atoms with Crippen molar-refractivity contribution in [1.29, 1.82) is 0 Å². The van der Waals surface area contributed by atoms with Gasteiger partial charge in [-0.2, -0.15) is 0 Å².